The van der Waals surface area contributed by atoms with E-state index in [0.29, 0.717) is 35.8 Å². The third-order valence-corrected chi connectivity index (χ3v) is 7.26. The summed E-state index contributed by atoms with van der Waals surface area (Å²) in [6.07, 6.45) is 6.65. The second-order valence-corrected chi connectivity index (χ2v) is 9.95. The van der Waals surface area contributed by atoms with Crippen molar-refractivity contribution >= 4 is 29.5 Å². The van der Waals surface area contributed by atoms with Gasteiger partial charge in [-0.05, 0) is 60.9 Å². The van der Waals surface area contributed by atoms with Gasteiger partial charge in [0.1, 0.15) is 29.9 Å². The molecule has 6 rings (SSSR count). The van der Waals surface area contributed by atoms with Gasteiger partial charge in [0, 0.05) is 36.6 Å². The number of aliphatic imine (C=N–C) groups is 1. The van der Waals surface area contributed by atoms with Crippen molar-refractivity contribution in [2.45, 2.75) is 31.0 Å². The molecule has 0 saturated carbocycles. The maximum Gasteiger partial charge on any atom is 0.298 e. The molecule has 1 N–H and O–H groups in total. The number of likely N-dealkylation sites (tertiary alicyclic amines) is 1. The Morgan fingerprint density at radius 2 is 1.87 bits per heavy atom. The zero-order valence-electron chi connectivity index (χ0n) is 20.9. The maximum atomic E-state index is 13.5. The number of piperidine rings is 1. The number of carbonyl (C=O) groups excluding carboxylic acids is 1. The summed E-state index contributed by atoms with van der Waals surface area (Å²) < 4.78 is 24.7. The second-order valence-electron chi connectivity index (χ2n) is 9.51. The van der Waals surface area contributed by atoms with Gasteiger partial charge < -0.3 is 19.7 Å². The number of anilines is 1. The number of amides is 1. The van der Waals surface area contributed by atoms with Gasteiger partial charge in [-0.25, -0.2) is 19.4 Å². The summed E-state index contributed by atoms with van der Waals surface area (Å²) in [6, 6.07) is 15.2. The number of rotatable bonds is 7. The van der Waals surface area contributed by atoms with E-state index < -0.39 is 0 Å². The molecule has 3 aliphatic rings. The van der Waals surface area contributed by atoms with Gasteiger partial charge in [0.15, 0.2) is 6.61 Å². The van der Waals surface area contributed by atoms with Crippen molar-refractivity contribution in [1.82, 2.24) is 19.8 Å². The predicted molar refractivity (Wildman–Crippen MR) is 144 cm³/mol. The van der Waals surface area contributed by atoms with Crippen LogP contribution in [-0.4, -0.2) is 57.4 Å². The molecule has 2 aromatic carbocycles. The quantitative estimate of drug-likeness (QED) is 0.457. The molecule has 0 aliphatic carbocycles. The fraction of sp³-hybridized carbons (Fsp3) is 0.286. The smallest absolute Gasteiger partial charge is 0.298 e. The van der Waals surface area contributed by atoms with E-state index in [1.54, 1.807) is 48.9 Å². The third-order valence-electron chi connectivity index (χ3n) is 7.01. The van der Waals surface area contributed by atoms with Crippen molar-refractivity contribution in [3.63, 3.8) is 0 Å². The van der Waals surface area contributed by atoms with E-state index in [0.717, 1.165) is 24.1 Å². The van der Waals surface area contributed by atoms with Crippen LogP contribution in [0.15, 0.2) is 78.2 Å². The van der Waals surface area contributed by atoms with Crippen LogP contribution in [0.3, 0.4) is 0 Å². The van der Waals surface area contributed by atoms with Crippen LogP contribution in [0.2, 0.25) is 5.02 Å². The Labute approximate surface area is 229 Å². The molecule has 1 amide bonds. The van der Waals surface area contributed by atoms with Gasteiger partial charge in [0.05, 0.1) is 5.69 Å². The number of nitrogens with zero attached hydrogens (tertiary/aromatic N) is 5. The van der Waals surface area contributed by atoms with Gasteiger partial charge in [-0.1, -0.05) is 23.7 Å². The number of aromatic nitrogens is 2. The Morgan fingerprint density at radius 1 is 1.10 bits per heavy atom. The summed E-state index contributed by atoms with van der Waals surface area (Å²) in [5, 5.41) is 4.05. The molecule has 0 spiro atoms. The topological polar surface area (TPSA) is 92.2 Å². The van der Waals surface area contributed by atoms with Gasteiger partial charge in [-0.2, -0.15) is 0 Å². The highest BCUT2D eigenvalue weighted by atomic mass is 35.5. The molecule has 2 atom stereocenters. The zero-order chi connectivity index (χ0) is 26.8. The van der Waals surface area contributed by atoms with Gasteiger partial charge in [-0.3, -0.25) is 9.69 Å². The zero-order valence-corrected chi connectivity index (χ0v) is 21.7. The van der Waals surface area contributed by atoms with Crippen molar-refractivity contribution in [2.75, 3.05) is 25.0 Å². The normalized spacial score (nSPS) is 20.4. The van der Waals surface area contributed by atoms with Crippen LogP contribution in [0.5, 0.6) is 5.75 Å². The van der Waals surface area contributed by atoms with Crippen molar-refractivity contribution in [3.05, 3.63) is 95.4 Å². The predicted octanol–water partition coefficient (Wildman–Crippen LogP) is 4.71. The molecule has 9 nitrogen and oxygen atoms in total. The molecule has 4 heterocycles. The standard InChI is InChI=1S/C28H26ClFN6O3/c29-19-3-7-22(8-4-19)39-17-24(37)35-13-10-21(11-14-35)32-27-31-12-9-23(33-27)26-25(18-1-5-20(30)6-2-18)34-28-36(26)15-16-38-28/h1-9,12,15-16,21,25-26H,10-11,13-14,17H2,(H,31,32,33). The van der Waals surface area contributed by atoms with Crippen LogP contribution in [0.25, 0.3) is 0 Å². The number of carbonyl (C=O) groups is 1. The number of ether oxygens (including phenoxy) is 2. The molecule has 1 aromatic heterocycles. The fourth-order valence-electron chi connectivity index (χ4n) is 4.98. The highest BCUT2D eigenvalue weighted by Gasteiger charge is 2.41. The first-order valence-corrected chi connectivity index (χ1v) is 13.1. The molecular formula is C28H26ClFN6O3. The van der Waals surface area contributed by atoms with E-state index in [-0.39, 0.29) is 36.5 Å². The van der Waals surface area contributed by atoms with Crippen LogP contribution < -0.4 is 10.1 Å². The Hall–Kier alpha value is -4.18. The average molecular weight is 549 g/mol. The van der Waals surface area contributed by atoms with Crippen LogP contribution in [0, 0.1) is 5.82 Å². The van der Waals surface area contributed by atoms with Crippen LogP contribution in [-0.2, 0) is 9.53 Å². The minimum absolute atomic E-state index is 0.0137. The number of hydrogen-bond donors (Lipinski definition) is 1. The molecule has 0 bridgehead atoms. The maximum absolute atomic E-state index is 13.5. The lowest BCUT2D eigenvalue weighted by Crippen LogP contribution is -2.44. The molecule has 1 fully saturated rings. The highest BCUT2D eigenvalue weighted by molar-refractivity contribution is 6.30. The Kier molecular flexibility index (Phi) is 7.02. The van der Waals surface area contributed by atoms with E-state index in [4.69, 9.17) is 31.1 Å². The molecular weight excluding hydrogens is 523 g/mol. The first kappa shape index (κ1) is 25.1. The van der Waals surface area contributed by atoms with Gasteiger partial charge in [-0.15, -0.1) is 0 Å². The molecule has 200 valence electrons. The Bertz CT molecular complexity index is 1390. The minimum atomic E-state index is -0.308. The minimum Gasteiger partial charge on any atom is -0.484 e. The molecule has 3 aromatic rings. The van der Waals surface area contributed by atoms with Gasteiger partial charge >= 0.3 is 0 Å². The number of halogens is 2. The van der Waals surface area contributed by atoms with E-state index in [2.05, 4.69) is 10.3 Å². The lowest BCUT2D eigenvalue weighted by Gasteiger charge is -2.32. The Morgan fingerprint density at radius 3 is 2.64 bits per heavy atom. The average Bonchev–Trinajstić information content (AvgIpc) is 3.55. The van der Waals surface area contributed by atoms with E-state index in [9.17, 15) is 9.18 Å². The number of amidine groups is 1. The van der Waals surface area contributed by atoms with Gasteiger partial charge in [0.2, 0.25) is 5.95 Å². The number of nitrogens with one attached hydrogen (secondary N) is 1. The molecule has 39 heavy (non-hydrogen) atoms. The summed E-state index contributed by atoms with van der Waals surface area (Å²) >= 11 is 5.90. The number of benzene rings is 2. The van der Waals surface area contributed by atoms with E-state index >= 15 is 0 Å². The molecule has 11 heteroatoms. The van der Waals surface area contributed by atoms with Gasteiger partial charge in [0.25, 0.3) is 11.9 Å². The second kappa shape index (κ2) is 10.9. The van der Waals surface area contributed by atoms with Crippen LogP contribution in [0.4, 0.5) is 10.3 Å². The summed E-state index contributed by atoms with van der Waals surface area (Å²) in [5.41, 5.74) is 1.63. The SMILES string of the molecule is O=C(COc1ccc(Cl)cc1)N1CCC(Nc2nccc(C3C(c4ccc(F)cc4)N=C4OC=CN43)n2)CC1. The Balaban J connectivity index is 1.08. The summed E-state index contributed by atoms with van der Waals surface area (Å²) in [6.45, 7) is 1.21. The first-order valence-electron chi connectivity index (χ1n) is 12.7. The third kappa shape index (κ3) is 5.51. The largest absolute Gasteiger partial charge is 0.484 e. The number of fused-ring (bicyclic) bond motifs is 1. The molecule has 0 radical (unpaired) electrons. The first-order chi connectivity index (χ1) is 19.0. The summed E-state index contributed by atoms with van der Waals surface area (Å²) in [7, 11) is 0. The van der Waals surface area contributed by atoms with E-state index in [1.807, 2.05) is 22.1 Å². The van der Waals surface area contributed by atoms with Crippen molar-refractivity contribution in [3.8, 4) is 5.75 Å². The summed E-state index contributed by atoms with van der Waals surface area (Å²) in [5.74, 6) is 0.775. The lowest BCUT2D eigenvalue weighted by molar-refractivity contribution is -0.134. The molecule has 3 aliphatic heterocycles. The highest BCUT2D eigenvalue weighted by Crippen LogP contribution is 2.43. The lowest BCUT2D eigenvalue weighted by atomic mass is 9.97. The molecule has 2 unspecified atom stereocenters. The fourth-order valence-corrected chi connectivity index (χ4v) is 5.11. The van der Waals surface area contributed by atoms with Crippen molar-refractivity contribution in [1.29, 1.82) is 0 Å². The number of hydrogen-bond acceptors (Lipinski definition) is 8. The van der Waals surface area contributed by atoms with Crippen LogP contribution >= 0.6 is 11.6 Å². The summed E-state index contributed by atoms with van der Waals surface area (Å²) in [4.78, 5) is 30.3. The van der Waals surface area contributed by atoms with Crippen molar-refractivity contribution < 1.29 is 18.7 Å². The van der Waals surface area contributed by atoms with E-state index in [1.165, 1.54) is 12.1 Å². The van der Waals surface area contributed by atoms with Crippen molar-refractivity contribution in [2.24, 2.45) is 4.99 Å². The van der Waals surface area contributed by atoms with Crippen LogP contribution in [0.1, 0.15) is 36.2 Å². The monoisotopic (exact) mass is 548 g/mol. The molecule has 1 saturated heterocycles.